The molecule has 0 bridgehead atoms. The van der Waals surface area contributed by atoms with Crippen molar-refractivity contribution in [3.05, 3.63) is 11.1 Å². The molecule has 0 atom stereocenters. The molecule has 0 saturated carbocycles. The van der Waals surface area contributed by atoms with Gasteiger partial charge >= 0.3 is 0 Å². The fourth-order valence-corrected chi connectivity index (χ4v) is 2.88. The van der Waals surface area contributed by atoms with Crippen molar-refractivity contribution in [2.75, 3.05) is 11.9 Å². The normalized spacial score (nSPS) is 17.1. The van der Waals surface area contributed by atoms with E-state index in [-0.39, 0.29) is 17.7 Å². The highest BCUT2D eigenvalue weighted by molar-refractivity contribution is 7.15. The molecule has 2 heterocycles. The minimum Gasteiger partial charge on any atom is -0.362 e. The van der Waals surface area contributed by atoms with Crippen molar-refractivity contribution in [3.63, 3.8) is 0 Å². The number of rotatable bonds is 5. The van der Waals surface area contributed by atoms with Crippen LogP contribution in [-0.2, 0) is 16.1 Å². The predicted molar refractivity (Wildman–Crippen MR) is 74.8 cm³/mol. The molecule has 0 radical (unpaired) electrons. The predicted octanol–water partition coefficient (Wildman–Crippen LogP) is 2.25. The molecule has 1 aromatic heterocycles. The molecule has 0 aromatic carbocycles. The number of carbonyl (C=O) groups is 2. The summed E-state index contributed by atoms with van der Waals surface area (Å²) in [5.41, 5.74) is 0. The fraction of sp³-hybridized carbons (Fsp3) is 0.615. The average molecular weight is 281 g/mol. The molecule has 19 heavy (non-hydrogen) atoms. The standard InChI is InChI=1S/C13H19N3O2S/c1-3-4-14-13-15-7-10(19-13)8-16-11(17)5-9(2)6-12(16)18/h7,9H,3-6,8H2,1-2H3,(H,14,15). The topological polar surface area (TPSA) is 62.3 Å². The van der Waals surface area contributed by atoms with Crippen LogP contribution in [-0.4, -0.2) is 28.2 Å². The molecule has 0 unspecified atom stereocenters. The Kier molecular flexibility index (Phi) is 4.52. The molecule has 1 saturated heterocycles. The molecule has 2 rings (SSSR count). The van der Waals surface area contributed by atoms with Gasteiger partial charge < -0.3 is 5.32 Å². The summed E-state index contributed by atoms with van der Waals surface area (Å²) in [6.07, 6.45) is 3.70. The van der Waals surface area contributed by atoms with E-state index in [0.717, 1.165) is 23.0 Å². The Morgan fingerprint density at radius 1 is 1.42 bits per heavy atom. The second kappa shape index (κ2) is 6.14. The number of nitrogens with one attached hydrogen (secondary N) is 1. The summed E-state index contributed by atoms with van der Waals surface area (Å²) < 4.78 is 0. The first-order chi connectivity index (χ1) is 9.10. The first-order valence-corrected chi connectivity index (χ1v) is 7.43. The first-order valence-electron chi connectivity index (χ1n) is 6.62. The number of thiazole rings is 1. The van der Waals surface area contributed by atoms with E-state index in [1.165, 1.54) is 16.2 Å². The van der Waals surface area contributed by atoms with Gasteiger partial charge in [0.05, 0.1) is 6.54 Å². The Morgan fingerprint density at radius 3 is 2.74 bits per heavy atom. The van der Waals surface area contributed by atoms with E-state index in [1.807, 2.05) is 6.92 Å². The lowest BCUT2D eigenvalue weighted by molar-refractivity contribution is -0.150. The molecule has 104 valence electrons. The number of hydrogen-bond donors (Lipinski definition) is 1. The largest absolute Gasteiger partial charge is 0.362 e. The molecule has 1 aliphatic rings. The zero-order valence-electron chi connectivity index (χ0n) is 11.3. The number of hydrogen-bond acceptors (Lipinski definition) is 5. The monoisotopic (exact) mass is 281 g/mol. The minimum absolute atomic E-state index is 0.0692. The molecule has 1 aromatic rings. The van der Waals surface area contributed by atoms with Crippen LogP contribution in [0.4, 0.5) is 5.13 Å². The van der Waals surface area contributed by atoms with Gasteiger partial charge in [0.25, 0.3) is 0 Å². The van der Waals surface area contributed by atoms with Gasteiger partial charge in [-0.2, -0.15) is 0 Å². The summed E-state index contributed by atoms with van der Waals surface area (Å²) in [7, 11) is 0. The number of aromatic nitrogens is 1. The molecular formula is C13H19N3O2S. The SMILES string of the molecule is CCCNc1ncc(CN2C(=O)CC(C)CC2=O)s1. The van der Waals surface area contributed by atoms with Crippen molar-refractivity contribution in [2.24, 2.45) is 5.92 Å². The van der Waals surface area contributed by atoms with Crippen LogP contribution in [0, 0.1) is 5.92 Å². The zero-order chi connectivity index (χ0) is 13.8. The number of imide groups is 1. The average Bonchev–Trinajstić information content (AvgIpc) is 2.79. The van der Waals surface area contributed by atoms with Crippen LogP contribution in [0.3, 0.4) is 0 Å². The highest BCUT2D eigenvalue weighted by Gasteiger charge is 2.30. The first kappa shape index (κ1) is 14.0. The summed E-state index contributed by atoms with van der Waals surface area (Å²) in [4.78, 5) is 30.3. The number of nitrogens with zero attached hydrogens (tertiary/aromatic N) is 2. The van der Waals surface area contributed by atoms with Gasteiger partial charge in [0.15, 0.2) is 5.13 Å². The molecule has 1 N–H and O–H groups in total. The minimum atomic E-state index is -0.0692. The van der Waals surface area contributed by atoms with Crippen molar-refractivity contribution in [2.45, 2.75) is 39.7 Å². The highest BCUT2D eigenvalue weighted by atomic mass is 32.1. The lowest BCUT2D eigenvalue weighted by Crippen LogP contribution is -2.41. The number of carbonyl (C=O) groups excluding carboxylic acids is 2. The third-order valence-corrected chi connectivity index (χ3v) is 3.98. The van der Waals surface area contributed by atoms with Gasteiger partial charge in [-0.05, 0) is 12.3 Å². The van der Waals surface area contributed by atoms with Crippen LogP contribution in [0.2, 0.25) is 0 Å². The molecular weight excluding hydrogens is 262 g/mol. The van der Waals surface area contributed by atoms with E-state index in [0.29, 0.717) is 19.4 Å². The van der Waals surface area contributed by atoms with Gasteiger partial charge in [-0.15, -0.1) is 11.3 Å². The number of anilines is 1. The van der Waals surface area contributed by atoms with Crippen molar-refractivity contribution in [1.82, 2.24) is 9.88 Å². The van der Waals surface area contributed by atoms with Crippen LogP contribution in [0.5, 0.6) is 0 Å². The third-order valence-electron chi connectivity index (χ3n) is 3.04. The quantitative estimate of drug-likeness (QED) is 0.841. The maximum atomic E-state index is 11.9. The summed E-state index contributed by atoms with van der Waals surface area (Å²) in [6.45, 7) is 5.27. The van der Waals surface area contributed by atoms with E-state index < -0.39 is 0 Å². The Labute approximate surface area is 117 Å². The summed E-state index contributed by atoms with van der Waals surface area (Å²) in [5, 5.41) is 4.05. The Balaban J connectivity index is 1.98. The van der Waals surface area contributed by atoms with Crippen LogP contribution in [0.1, 0.15) is 38.0 Å². The van der Waals surface area contributed by atoms with E-state index in [2.05, 4.69) is 17.2 Å². The molecule has 0 aliphatic carbocycles. The summed E-state index contributed by atoms with van der Waals surface area (Å²) in [6, 6.07) is 0. The van der Waals surface area contributed by atoms with Crippen molar-refractivity contribution >= 4 is 28.3 Å². The third kappa shape index (κ3) is 3.53. The van der Waals surface area contributed by atoms with Crippen molar-refractivity contribution < 1.29 is 9.59 Å². The Bertz CT molecular complexity index is 454. The van der Waals surface area contributed by atoms with Gasteiger partial charge in [0, 0.05) is 30.5 Å². The summed E-state index contributed by atoms with van der Waals surface area (Å²) >= 11 is 1.50. The van der Waals surface area contributed by atoms with Crippen LogP contribution in [0.25, 0.3) is 0 Å². The van der Waals surface area contributed by atoms with Gasteiger partial charge in [0.2, 0.25) is 11.8 Å². The Morgan fingerprint density at radius 2 is 2.11 bits per heavy atom. The van der Waals surface area contributed by atoms with Crippen LogP contribution >= 0.6 is 11.3 Å². The molecule has 5 nitrogen and oxygen atoms in total. The van der Waals surface area contributed by atoms with Gasteiger partial charge in [-0.25, -0.2) is 4.98 Å². The summed E-state index contributed by atoms with van der Waals surface area (Å²) in [5.74, 6) is 0.0277. The zero-order valence-corrected chi connectivity index (χ0v) is 12.1. The number of piperidine rings is 1. The lowest BCUT2D eigenvalue weighted by Gasteiger charge is -2.27. The van der Waals surface area contributed by atoms with Gasteiger partial charge in [-0.1, -0.05) is 13.8 Å². The maximum Gasteiger partial charge on any atom is 0.229 e. The lowest BCUT2D eigenvalue weighted by atomic mass is 9.98. The van der Waals surface area contributed by atoms with Crippen LogP contribution in [0.15, 0.2) is 6.20 Å². The second-order valence-corrected chi connectivity index (χ2v) is 6.06. The molecule has 6 heteroatoms. The number of amides is 2. The van der Waals surface area contributed by atoms with E-state index in [9.17, 15) is 9.59 Å². The van der Waals surface area contributed by atoms with Gasteiger partial charge in [-0.3, -0.25) is 14.5 Å². The molecule has 2 amide bonds. The smallest absolute Gasteiger partial charge is 0.229 e. The second-order valence-electron chi connectivity index (χ2n) is 4.95. The van der Waals surface area contributed by atoms with E-state index in [1.54, 1.807) is 6.20 Å². The fourth-order valence-electron chi connectivity index (χ4n) is 2.05. The van der Waals surface area contributed by atoms with Gasteiger partial charge in [0.1, 0.15) is 0 Å². The highest BCUT2D eigenvalue weighted by Crippen LogP contribution is 2.24. The molecule has 0 spiro atoms. The number of likely N-dealkylation sites (tertiary alicyclic amines) is 1. The van der Waals surface area contributed by atoms with E-state index in [4.69, 9.17) is 0 Å². The molecule has 1 aliphatic heterocycles. The van der Waals surface area contributed by atoms with Crippen molar-refractivity contribution in [1.29, 1.82) is 0 Å². The van der Waals surface area contributed by atoms with Crippen LogP contribution < -0.4 is 5.32 Å². The molecule has 1 fully saturated rings. The maximum absolute atomic E-state index is 11.9. The Hall–Kier alpha value is -1.43. The van der Waals surface area contributed by atoms with Crippen molar-refractivity contribution in [3.8, 4) is 0 Å². The van der Waals surface area contributed by atoms with E-state index >= 15 is 0 Å².